The van der Waals surface area contributed by atoms with Crippen molar-refractivity contribution in [2.24, 2.45) is 0 Å². The third-order valence-corrected chi connectivity index (χ3v) is 5.06. The average molecular weight is 317 g/mol. The van der Waals surface area contributed by atoms with E-state index in [0.717, 1.165) is 37.0 Å². The van der Waals surface area contributed by atoms with Crippen molar-refractivity contribution in [2.45, 2.75) is 43.9 Å². The lowest BCUT2D eigenvalue weighted by Crippen LogP contribution is -2.52. The number of benzene rings is 1. The molecule has 0 unspecified atom stereocenters. The Bertz CT molecular complexity index is 576. The smallest absolute Gasteiger partial charge is 0.252 e. The van der Waals surface area contributed by atoms with E-state index in [1.165, 1.54) is 0 Å². The van der Waals surface area contributed by atoms with Crippen LogP contribution in [0, 0.1) is 0 Å². The number of hydrogen-bond acceptors (Lipinski definition) is 4. The fourth-order valence-corrected chi connectivity index (χ4v) is 3.74. The molecule has 23 heavy (non-hydrogen) atoms. The highest BCUT2D eigenvalue weighted by Crippen LogP contribution is 2.35. The van der Waals surface area contributed by atoms with Crippen molar-refractivity contribution >= 4 is 5.91 Å². The van der Waals surface area contributed by atoms with E-state index < -0.39 is 0 Å². The summed E-state index contributed by atoms with van der Waals surface area (Å²) in [6.07, 6.45) is 3.15. The van der Waals surface area contributed by atoms with Crippen molar-refractivity contribution in [1.82, 2.24) is 4.90 Å². The zero-order chi connectivity index (χ0) is 15.7. The van der Waals surface area contributed by atoms with Gasteiger partial charge in [0.1, 0.15) is 17.5 Å². The molecule has 3 aliphatic rings. The van der Waals surface area contributed by atoms with Gasteiger partial charge in [0.15, 0.2) is 0 Å². The second-order valence-corrected chi connectivity index (χ2v) is 6.70. The van der Waals surface area contributed by atoms with Gasteiger partial charge in [0.25, 0.3) is 5.91 Å². The van der Waals surface area contributed by atoms with E-state index in [0.29, 0.717) is 32.9 Å². The summed E-state index contributed by atoms with van der Waals surface area (Å²) in [7, 11) is 0. The third-order valence-electron chi connectivity index (χ3n) is 5.06. The topological polar surface area (TPSA) is 48.0 Å². The van der Waals surface area contributed by atoms with Crippen LogP contribution in [0.3, 0.4) is 0 Å². The molecule has 0 N–H and O–H groups in total. The summed E-state index contributed by atoms with van der Waals surface area (Å²) in [4.78, 5) is 14.8. The van der Waals surface area contributed by atoms with Crippen LogP contribution in [0.25, 0.3) is 0 Å². The maximum atomic E-state index is 12.9. The largest absolute Gasteiger partial charge is 0.485 e. The van der Waals surface area contributed by atoms with Gasteiger partial charge in [0, 0.05) is 31.6 Å². The first kappa shape index (κ1) is 15.0. The molecule has 5 heteroatoms. The summed E-state index contributed by atoms with van der Waals surface area (Å²) < 4.78 is 17.5. The lowest BCUT2D eigenvalue weighted by atomic mass is 9.93. The number of nitrogens with zero attached hydrogens (tertiary/aromatic N) is 1. The van der Waals surface area contributed by atoms with Crippen LogP contribution in [0.5, 0.6) is 5.75 Å². The number of carbonyl (C=O) groups is 1. The fourth-order valence-electron chi connectivity index (χ4n) is 3.74. The molecule has 1 aromatic rings. The summed E-state index contributed by atoms with van der Waals surface area (Å²) in [6.45, 7) is 3.27. The Morgan fingerprint density at radius 1 is 1.17 bits per heavy atom. The number of carbonyl (C=O) groups excluding carboxylic acids is 1. The fraction of sp³-hybridized carbons (Fsp3) is 0.611. The van der Waals surface area contributed by atoms with Crippen LogP contribution < -0.4 is 4.74 Å². The Kier molecular flexibility index (Phi) is 3.99. The molecule has 1 amide bonds. The van der Waals surface area contributed by atoms with Crippen molar-refractivity contribution in [2.75, 3.05) is 26.4 Å². The number of amides is 1. The highest BCUT2D eigenvalue weighted by Gasteiger charge is 2.42. The highest BCUT2D eigenvalue weighted by molar-refractivity contribution is 5.81. The van der Waals surface area contributed by atoms with E-state index in [2.05, 4.69) is 0 Å². The molecule has 3 aliphatic heterocycles. The minimum atomic E-state index is -0.334. The van der Waals surface area contributed by atoms with Gasteiger partial charge in [0.2, 0.25) is 0 Å². The van der Waals surface area contributed by atoms with Crippen molar-refractivity contribution in [3.05, 3.63) is 29.8 Å². The van der Waals surface area contributed by atoms with Gasteiger partial charge in [-0.1, -0.05) is 18.2 Å². The zero-order valence-electron chi connectivity index (χ0n) is 13.3. The predicted molar refractivity (Wildman–Crippen MR) is 84.2 cm³/mol. The molecule has 3 heterocycles. The van der Waals surface area contributed by atoms with E-state index in [9.17, 15) is 4.79 Å². The molecule has 5 nitrogen and oxygen atoms in total. The van der Waals surface area contributed by atoms with Crippen LogP contribution in [-0.2, 0) is 20.8 Å². The van der Waals surface area contributed by atoms with E-state index in [1.54, 1.807) is 0 Å². The second kappa shape index (κ2) is 6.13. The first-order valence-corrected chi connectivity index (χ1v) is 8.51. The second-order valence-electron chi connectivity index (χ2n) is 6.70. The van der Waals surface area contributed by atoms with Gasteiger partial charge >= 0.3 is 0 Å². The number of para-hydroxylation sites is 1. The molecule has 0 bridgehead atoms. The molecule has 4 rings (SSSR count). The lowest BCUT2D eigenvalue weighted by Gasteiger charge is -2.39. The molecular formula is C18H23NO4. The van der Waals surface area contributed by atoms with Gasteiger partial charge < -0.3 is 19.1 Å². The SMILES string of the molecule is O=C([C@@H]1CCCO1)N1Cc2ccccc2OC2(CCOCC2)C1. The Morgan fingerprint density at radius 2 is 2.00 bits per heavy atom. The average Bonchev–Trinajstić information content (AvgIpc) is 3.05. The molecule has 0 radical (unpaired) electrons. The van der Waals surface area contributed by atoms with Crippen LogP contribution in [-0.4, -0.2) is 48.9 Å². The molecular weight excluding hydrogens is 294 g/mol. The maximum Gasteiger partial charge on any atom is 0.252 e. The van der Waals surface area contributed by atoms with Crippen LogP contribution in [0.1, 0.15) is 31.2 Å². The normalized spacial score (nSPS) is 26.4. The minimum absolute atomic E-state index is 0.105. The molecule has 1 aromatic carbocycles. The first-order valence-electron chi connectivity index (χ1n) is 8.51. The lowest BCUT2D eigenvalue weighted by molar-refractivity contribution is -0.146. The number of hydrogen-bond donors (Lipinski definition) is 0. The van der Waals surface area contributed by atoms with Gasteiger partial charge in [-0.3, -0.25) is 4.79 Å². The Morgan fingerprint density at radius 3 is 2.78 bits per heavy atom. The summed E-state index contributed by atoms with van der Waals surface area (Å²) >= 11 is 0. The number of ether oxygens (including phenoxy) is 3. The Balaban J connectivity index is 1.64. The predicted octanol–water partition coefficient (Wildman–Crippen LogP) is 2.14. The van der Waals surface area contributed by atoms with Crippen molar-refractivity contribution in [1.29, 1.82) is 0 Å². The van der Waals surface area contributed by atoms with Crippen molar-refractivity contribution in [3.63, 3.8) is 0 Å². The van der Waals surface area contributed by atoms with Gasteiger partial charge in [-0.25, -0.2) is 0 Å². The van der Waals surface area contributed by atoms with Gasteiger partial charge in [-0.15, -0.1) is 0 Å². The quantitative estimate of drug-likeness (QED) is 0.796. The Labute approximate surface area is 136 Å². The molecule has 124 valence electrons. The zero-order valence-corrected chi connectivity index (χ0v) is 13.3. The van der Waals surface area contributed by atoms with E-state index in [1.807, 2.05) is 29.2 Å². The van der Waals surface area contributed by atoms with Crippen LogP contribution >= 0.6 is 0 Å². The van der Waals surface area contributed by atoms with E-state index >= 15 is 0 Å². The van der Waals surface area contributed by atoms with Gasteiger partial charge in [0.05, 0.1) is 19.8 Å². The van der Waals surface area contributed by atoms with Crippen LogP contribution in [0.15, 0.2) is 24.3 Å². The van der Waals surface area contributed by atoms with Crippen LogP contribution in [0.2, 0.25) is 0 Å². The number of rotatable bonds is 1. The van der Waals surface area contributed by atoms with E-state index in [-0.39, 0.29) is 17.6 Å². The standard InChI is InChI=1S/C18H23NO4/c20-17(16-6-3-9-22-16)19-12-14-4-1-2-5-15(14)23-18(13-19)7-10-21-11-8-18/h1-2,4-5,16H,3,6-13H2/t16-/m0/s1. The monoisotopic (exact) mass is 317 g/mol. The summed E-state index contributed by atoms with van der Waals surface area (Å²) in [5.74, 6) is 1.01. The van der Waals surface area contributed by atoms with Crippen molar-refractivity contribution in [3.8, 4) is 5.75 Å². The summed E-state index contributed by atoms with van der Waals surface area (Å²) in [5, 5.41) is 0. The molecule has 2 saturated heterocycles. The highest BCUT2D eigenvalue weighted by atomic mass is 16.5. The Hall–Kier alpha value is -1.59. The van der Waals surface area contributed by atoms with Gasteiger partial charge in [-0.2, -0.15) is 0 Å². The first-order chi connectivity index (χ1) is 11.3. The minimum Gasteiger partial charge on any atom is -0.485 e. The summed E-state index contributed by atoms with van der Waals surface area (Å²) in [5.41, 5.74) is 0.737. The molecule has 0 saturated carbocycles. The molecule has 0 aliphatic carbocycles. The molecule has 2 fully saturated rings. The van der Waals surface area contributed by atoms with E-state index in [4.69, 9.17) is 14.2 Å². The molecule has 1 atom stereocenters. The summed E-state index contributed by atoms with van der Waals surface area (Å²) in [6, 6.07) is 8.04. The third kappa shape index (κ3) is 2.95. The van der Waals surface area contributed by atoms with Crippen molar-refractivity contribution < 1.29 is 19.0 Å². The number of fused-ring (bicyclic) bond motifs is 1. The van der Waals surface area contributed by atoms with Crippen LogP contribution in [0.4, 0.5) is 0 Å². The van der Waals surface area contributed by atoms with Gasteiger partial charge in [-0.05, 0) is 18.9 Å². The molecule has 1 spiro atoms. The maximum absolute atomic E-state index is 12.9. The molecule has 0 aromatic heterocycles.